The Labute approximate surface area is 153 Å². The highest BCUT2D eigenvalue weighted by Crippen LogP contribution is 2.29. The molecular weight excluding hydrogens is 373 g/mol. The lowest BCUT2D eigenvalue weighted by molar-refractivity contribution is -0.134. The largest absolute Gasteiger partial charge is 0.616 e. The van der Waals surface area contributed by atoms with Gasteiger partial charge in [-0.25, -0.2) is 0 Å². The van der Waals surface area contributed by atoms with Gasteiger partial charge in [-0.15, -0.1) is 0 Å². The minimum Gasteiger partial charge on any atom is -0.616 e. The molecule has 1 amide bonds. The first-order valence-electron chi connectivity index (χ1n) is 8.10. The topological polar surface area (TPSA) is 98.4 Å². The van der Waals surface area contributed by atoms with Crippen molar-refractivity contribution in [3.8, 4) is 0 Å². The molecule has 0 fully saturated rings. The van der Waals surface area contributed by atoms with Crippen LogP contribution in [0.2, 0.25) is 0 Å². The summed E-state index contributed by atoms with van der Waals surface area (Å²) < 4.78 is 52.4. The molecule has 0 saturated carbocycles. The highest BCUT2D eigenvalue weighted by molar-refractivity contribution is 7.93. The molecule has 0 aromatic carbocycles. The van der Waals surface area contributed by atoms with Gasteiger partial charge >= 0.3 is 6.18 Å². The molecule has 1 rings (SSSR count). The molecule has 10 heteroatoms. The van der Waals surface area contributed by atoms with Crippen molar-refractivity contribution in [2.75, 3.05) is 11.1 Å². The van der Waals surface area contributed by atoms with Crippen LogP contribution >= 0.6 is 0 Å². The maximum absolute atomic E-state index is 12.4. The Kier molecular flexibility index (Phi) is 7.17. The van der Waals surface area contributed by atoms with Gasteiger partial charge in [-0.3, -0.25) is 10.1 Å². The van der Waals surface area contributed by atoms with Gasteiger partial charge in [-0.2, -0.15) is 13.2 Å². The summed E-state index contributed by atoms with van der Waals surface area (Å²) >= 11 is -1.80. The molecule has 0 radical (unpaired) electrons. The number of aliphatic hydroxyl groups is 1. The molecule has 0 saturated heterocycles. The van der Waals surface area contributed by atoms with E-state index in [1.165, 1.54) is 19.9 Å². The molecular formula is C16H25F3N2O4S. The van der Waals surface area contributed by atoms with E-state index in [9.17, 15) is 27.6 Å². The number of halogens is 3. The highest BCUT2D eigenvalue weighted by atomic mass is 32.2. The van der Waals surface area contributed by atoms with Gasteiger partial charge in [-0.1, -0.05) is 19.0 Å². The quantitative estimate of drug-likeness (QED) is 0.656. The number of aliphatic hydroxyl groups excluding tert-OH is 1. The lowest BCUT2D eigenvalue weighted by atomic mass is 9.84. The lowest BCUT2D eigenvalue weighted by Gasteiger charge is -2.27. The van der Waals surface area contributed by atoms with Crippen LogP contribution in [0.1, 0.15) is 53.2 Å². The standard InChI is InChI=1S/C16H25F3N2O4S/c1-10(22)14(2,3)11-9-12(25-21-11)20-13(23)15(4,5)26(24)8-6-7-16(17,18)19/h9-10,22H,6-8H2,1-5H3,(H,20,23). The van der Waals surface area contributed by atoms with E-state index in [0.29, 0.717) is 5.69 Å². The van der Waals surface area contributed by atoms with E-state index in [1.807, 2.05) is 0 Å². The van der Waals surface area contributed by atoms with Gasteiger partial charge in [0.05, 0.1) is 11.8 Å². The number of carbonyl (C=O) groups excluding carboxylic acids is 1. The SMILES string of the molecule is CC(O)C(C)(C)c1cc(NC(=O)C(C)(C)[S+]([O-])CCCC(F)(F)F)on1. The fraction of sp³-hybridized carbons (Fsp3) is 0.750. The van der Waals surface area contributed by atoms with Crippen molar-refractivity contribution in [3.63, 3.8) is 0 Å². The Morgan fingerprint density at radius 1 is 1.38 bits per heavy atom. The maximum atomic E-state index is 12.4. The van der Waals surface area contributed by atoms with E-state index in [-0.39, 0.29) is 18.1 Å². The van der Waals surface area contributed by atoms with E-state index >= 15 is 0 Å². The van der Waals surface area contributed by atoms with Crippen molar-refractivity contribution < 1.29 is 32.1 Å². The predicted molar refractivity (Wildman–Crippen MR) is 92.2 cm³/mol. The van der Waals surface area contributed by atoms with Crippen molar-refractivity contribution in [2.45, 2.75) is 69.9 Å². The van der Waals surface area contributed by atoms with Crippen LogP contribution in [0.3, 0.4) is 0 Å². The van der Waals surface area contributed by atoms with Gasteiger partial charge in [0.1, 0.15) is 5.75 Å². The maximum Gasteiger partial charge on any atom is 0.389 e. The van der Waals surface area contributed by atoms with E-state index in [0.717, 1.165) is 0 Å². The Hall–Kier alpha value is -1.26. The van der Waals surface area contributed by atoms with E-state index in [1.54, 1.807) is 20.8 Å². The van der Waals surface area contributed by atoms with Crippen molar-refractivity contribution >= 4 is 23.0 Å². The monoisotopic (exact) mass is 398 g/mol. The summed E-state index contributed by atoms with van der Waals surface area (Å²) in [4.78, 5) is 12.4. The van der Waals surface area contributed by atoms with E-state index < -0.39 is 45.9 Å². The molecule has 0 bridgehead atoms. The molecule has 1 heterocycles. The molecule has 1 aromatic heterocycles. The third kappa shape index (κ3) is 5.88. The van der Waals surface area contributed by atoms with Gasteiger partial charge in [0.25, 0.3) is 5.91 Å². The molecule has 150 valence electrons. The Morgan fingerprint density at radius 2 is 1.96 bits per heavy atom. The normalized spacial score (nSPS) is 15.6. The predicted octanol–water partition coefficient (Wildman–Crippen LogP) is 3.14. The summed E-state index contributed by atoms with van der Waals surface area (Å²) in [5.74, 6) is -0.879. The number of nitrogens with zero attached hydrogens (tertiary/aromatic N) is 1. The number of aromatic nitrogens is 1. The number of alkyl halides is 3. The number of hydrogen-bond acceptors (Lipinski definition) is 5. The van der Waals surface area contributed by atoms with E-state index in [2.05, 4.69) is 10.5 Å². The average Bonchev–Trinajstić information content (AvgIpc) is 2.94. The van der Waals surface area contributed by atoms with Crippen LogP contribution in [0, 0.1) is 0 Å². The smallest absolute Gasteiger partial charge is 0.389 e. The summed E-state index contributed by atoms with van der Waals surface area (Å²) in [5.41, 5.74) is -0.283. The van der Waals surface area contributed by atoms with Crippen molar-refractivity contribution in [1.82, 2.24) is 5.16 Å². The second kappa shape index (κ2) is 8.18. The first kappa shape index (κ1) is 22.8. The molecule has 2 N–H and O–H groups in total. The lowest BCUT2D eigenvalue weighted by Crippen LogP contribution is -2.45. The van der Waals surface area contributed by atoms with Crippen molar-refractivity contribution in [3.05, 3.63) is 11.8 Å². The third-order valence-corrected chi connectivity index (χ3v) is 6.34. The molecule has 26 heavy (non-hydrogen) atoms. The van der Waals surface area contributed by atoms with Crippen molar-refractivity contribution in [2.24, 2.45) is 0 Å². The number of nitrogens with one attached hydrogen (secondary N) is 1. The summed E-state index contributed by atoms with van der Waals surface area (Å²) in [6, 6.07) is 1.45. The first-order valence-corrected chi connectivity index (χ1v) is 9.41. The number of hydrogen-bond donors (Lipinski definition) is 2. The molecule has 0 spiro atoms. The van der Waals surface area contributed by atoms with Gasteiger partial charge < -0.3 is 14.2 Å². The second-order valence-electron chi connectivity index (χ2n) is 7.21. The summed E-state index contributed by atoms with van der Waals surface area (Å²) in [5, 5.41) is 16.0. The second-order valence-corrected chi connectivity index (χ2v) is 9.33. The Bertz CT molecular complexity index is 615. The number of carbonyl (C=O) groups is 1. The minimum absolute atomic E-state index is 0.0130. The average molecular weight is 398 g/mol. The zero-order valence-corrected chi connectivity index (χ0v) is 16.3. The minimum atomic E-state index is -4.32. The van der Waals surface area contributed by atoms with Crippen LogP contribution < -0.4 is 5.32 Å². The van der Waals surface area contributed by atoms with Gasteiger partial charge in [0.2, 0.25) is 5.88 Å². The van der Waals surface area contributed by atoms with Crippen LogP contribution in [0.15, 0.2) is 10.6 Å². The van der Waals surface area contributed by atoms with Gasteiger partial charge in [0.15, 0.2) is 4.75 Å². The Morgan fingerprint density at radius 3 is 2.46 bits per heavy atom. The van der Waals surface area contributed by atoms with E-state index in [4.69, 9.17) is 4.52 Å². The third-order valence-electron chi connectivity index (χ3n) is 4.36. The van der Waals surface area contributed by atoms with Crippen LogP contribution in [0.25, 0.3) is 0 Å². The molecule has 2 unspecified atom stereocenters. The zero-order chi connectivity index (χ0) is 20.3. The number of anilines is 1. The molecule has 1 aromatic rings. The molecule has 0 aliphatic carbocycles. The zero-order valence-electron chi connectivity index (χ0n) is 15.4. The Balaban J connectivity index is 2.72. The first-order chi connectivity index (χ1) is 11.7. The summed E-state index contributed by atoms with van der Waals surface area (Å²) in [7, 11) is 0. The van der Waals surface area contributed by atoms with Crippen LogP contribution in [0.5, 0.6) is 0 Å². The van der Waals surface area contributed by atoms with Gasteiger partial charge in [-0.05, 0) is 31.9 Å². The fourth-order valence-electron chi connectivity index (χ4n) is 1.88. The fourth-order valence-corrected chi connectivity index (χ4v) is 3.05. The van der Waals surface area contributed by atoms with Crippen LogP contribution in [-0.2, 0) is 21.4 Å². The molecule has 6 nitrogen and oxygen atoms in total. The van der Waals surface area contributed by atoms with Crippen LogP contribution in [-0.4, -0.2) is 43.5 Å². The highest BCUT2D eigenvalue weighted by Gasteiger charge is 2.41. The molecule has 0 aliphatic heterocycles. The number of amides is 1. The van der Waals surface area contributed by atoms with Gasteiger partial charge in [0, 0.05) is 24.3 Å². The molecule has 0 aliphatic rings. The van der Waals surface area contributed by atoms with Crippen molar-refractivity contribution in [1.29, 1.82) is 0 Å². The molecule has 2 atom stereocenters. The van der Waals surface area contributed by atoms with Crippen LogP contribution in [0.4, 0.5) is 19.1 Å². The summed E-state index contributed by atoms with van der Waals surface area (Å²) in [6.07, 6.45) is -6.39. The number of rotatable bonds is 8. The summed E-state index contributed by atoms with van der Waals surface area (Å²) in [6.45, 7) is 7.88.